The van der Waals surface area contributed by atoms with E-state index in [-0.39, 0.29) is 11.7 Å². The number of hydrogen-bond acceptors (Lipinski definition) is 3. The van der Waals surface area contributed by atoms with E-state index in [2.05, 4.69) is 34.1 Å². The number of carbonyl (C=O) groups is 1. The minimum Gasteiger partial charge on any atom is -0.507 e. The van der Waals surface area contributed by atoms with E-state index in [0.717, 1.165) is 37.0 Å². The molecule has 31 heavy (non-hydrogen) atoms. The van der Waals surface area contributed by atoms with Gasteiger partial charge in [-0.05, 0) is 49.2 Å². The molecule has 5 nitrogen and oxygen atoms in total. The van der Waals surface area contributed by atoms with Crippen LogP contribution in [0.4, 0.5) is 0 Å². The van der Waals surface area contributed by atoms with Gasteiger partial charge in [0.1, 0.15) is 12.3 Å². The maximum atomic E-state index is 11.7. The number of phenolic OH excluding ortho intramolecular Hbond substituents is 1. The lowest BCUT2D eigenvalue weighted by atomic mass is 10.1. The molecule has 162 valence electrons. The molecular formula is C25H29ClN3O2+. The molecule has 0 spiro atoms. The van der Waals surface area contributed by atoms with Crippen LogP contribution >= 0.6 is 11.6 Å². The van der Waals surface area contributed by atoms with Crippen LogP contribution in [0.5, 0.6) is 5.75 Å². The standard InChI is InChI=1S/C25H28ClN3O2/c26-21-11-14-24(30)20(18-21)10-13-22-12-9-19-6-3-4-7-23(19)29(22)17-5-1-2-8-25(31)28-16-15-27/h3-4,6-7,9-14,18H,1-2,5,8,15-17,27H2,(H,28,31)/p+1. The Hall–Kier alpha value is -2.89. The van der Waals surface area contributed by atoms with Crippen molar-refractivity contribution in [3.63, 3.8) is 0 Å². The fourth-order valence-electron chi connectivity index (χ4n) is 3.54. The lowest BCUT2D eigenvalue weighted by Crippen LogP contribution is -2.38. The predicted octanol–water partition coefficient (Wildman–Crippen LogP) is 4.29. The van der Waals surface area contributed by atoms with Gasteiger partial charge in [-0.15, -0.1) is 0 Å². The Labute approximate surface area is 188 Å². The number of nitrogens with two attached hydrogens (primary N) is 1. The number of unbranched alkanes of at least 4 members (excludes halogenated alkanes) is 2. The summed E-state index contributed by atoms with van der Waals surface area (Å²) in [5.74, 6) is 0.258. The molecule has 0 saturated heterocycles. The van der Waals surface area contributed by atoms with Crippen LogP contribution in [0.2, 0.25) is 5.02 Å². The normalized spacial score (nSPS) is 11.3. The number of pyridine rings is 1. The number of phenols is 1. The summed E-state index contributed by atoms with van der Waals surface area (Å²) in [6, 6.07) is 17.5. The number of hydrogen-bond donors (Lipinski definition) is 3. The predicted molar refractivity (Wildman–Crippen MR) is 127 cm³/mol. The molecule has 0 aliphatic carbocycles. The average molecular weight is 439 g/mol. The third kappa shape index (κ3) is 6.54. The second-order valence-electron chi connectivity index (χ2n) is 7.45. The monoisotopic (exact) mass is 438 g/mol. The molecule has 0 aliphatic rings. The van der Waals surface area contributed by atoms with Gasteiger partial charge in [0.2, 0.25) is 17.1 Å². The number of para-hydroxylation sites is 1. The fourth-order valence-corrected chi connectivity index (χ4v) is 3.72. The number of fused-ring (bicyclic) bond motifs is 1. The number of carbonyl (C=O) groups excluding carboxylic acids is 1. The number of aromatic nitrogens is 1. The molecular weight excluding hydrogens is 410 g/mol. The molecule has 1 aromatic heterocycles. The van der Waals surface area contributed by atoms with Crippen LogP contribution in [0.15, 0.2) is 54.6 Å². The molecule has 1 amide bonds. The van der Waals surface area contributed by atoms with Gasteiger partial charge in [-0.2, -0.15) is 4.57 Å². The van der Waals surface area contributed by atoms with E-state index in [1.54, 1.807) is 18.2 Å². The zero-order valence-corrected chi connectivity index (χ0v) is 18.3. The second kappa shape index (κ2) is 11.5. The van der Waals surface area contributed by atoms with Crippen molar-refractivity contribution in [1.29, 1.82) is 0 Å². The Morgan fingerprint density at radius 2 is 1.90 bits per heavy atom. The maximum Gasteiger partial charge on any atom is 0.220 e. The SMILES string of the molecule is NCCNC(=O)CCCCC[n+]1c(/C=C/c2cc(Cl)ccc2O)ccc2ccccc21. The van der Waals surface area contributed by atoms with Gasteiger partial charge in [0.15, 0.2) is 0 Å². The third-order valence-electron chi connectivity index (χ3n) is 5.15. The zero-order chi connectivity index (χ0) is 22.1. The highest BCUT2D eigenvalue weighted by Crippen LogP contribution is 2.23. The zero-order valence-electron chi connectivity index (χ0n) is 17.6. The molecule has 0 saturated carbocycles. The van der Waals surface area contributed by atoms with E-state index in [0.29, 0.717) is 30.1 Å². The number of halogens is 1. The Bertz CT molecular complexity index is 1070. The van der Waals surface area contributed by atoms with Crippen molar-refractivity contribution in [3.8, 4) is 5.75 Å². The van der Waals surface area contributed by atoms with Gasteiger partial charge < -0.3 is 16.2 Å². The maximum absolute atomic E-state index is 11.7. The molecule has 0 bridgehead atoms. The molecule has 3 aromatic rings. The number of aryl methyl sites for hydroxylation is 1. The fraction of sp³-hybridized carbons (Fsp3) is 0.280. The van der Waals surface area contributed by atoms with Crippen molar-refractivity contribution in [2.24, 2.45) is 5.73 Å². The molecule has 0 aliphatic heterocycles. The lowest BCUT2D eigenvalue weighted by Gasteiger charge is -2.06. The summed E-state index contributed by atoms with van der Waals surface area (Å²) in [4.78, 5) is 11.7. The summed E-state index contributed by atoms with van der Waals surface area (Å²) < 4.78 is 2.28. The largest absolute Gasteiger partial charge is 0.507 e. The van der Waals surface area contributed by atoms with E-state index >= 15 is 0 Å². The molecule has 1 heterocycles. The highest BCUT2D eigenvalue weighted by molar-refractivity contribution is 6.30. The second-order valence-corrected chi connectivity index (χ2v) is 7.89. The summed E-state index contributed by atoms with van der Waals surface area (Å²) in [7, 11) is 0. The molecule has 2 aromatic carbocycles. The number of aromatic hydroxyl groups is 1. The van der Waals surface area contributed by atoms with Gasteiger partial charge in [0, 0.05) is 60.1 Å². The number of rotatable bonds is 10. The first-order valence-corrected chi connectivity index (χ1v) is 11.0. The minimum absolute atomic E-state index is 0.0632. The van der Waals surface area contributed by atoms with Crippen molar-refractivity contribution in [2.75, 3.05) is 13.1 Å². The molecule has 3 rings (SSSR count). The van der Waals surface area contributed by atoms with Gasteiger partial charge in [-0.1, -0.05) is 23.7 Å². The van der Waals surface area contributed by atoms with Gasteiger partial charge in [-0.3, -0.25) is 4.79 Å². The number of benzene rings is 2. The van der Waals surface area contributed by atoms with Crippen LogP contribution < -0.4 is 15.6 Å². The van der Waals surface area contributed by atoms with Crippen molar-refractivity contribution >= 4 is 40.6 Å². The number of nitrogens with one attached hydrogen (secondary N) is 1. The minimum atomic E-state index is 0.0632. The summed E-state index contributed by atoms with van der Waals surface area (Å²) in [5.41, 5.74) is 8.28. The molecule has 0 unspecified atom stereocenters. The van der Waals surface area contributed by atoms with Crippen LogP contribution in [-0.2, 0) is 11.3 Å². The first-order chi connectivity index (χ1) is 15.1. The quantitative estimate of drug-likeness (QED) is 0.326. The van der Waals surface area contributed by atoms with Gasteiger partial charge in [0.05, 0.1) is 0 Å². The van der Waals surface area contributed by atoms with Crippen LogP contribution in [0.3, 0.4) is 0 Å². The lowest BCUT2D eigenvalue weighted by molar-refractivity contribution is -0.673. The molecule has 0 fully saturated rings. The van der Waals surface area contributed by atoms with Crippen molar-refractivity contribution in [3.05, 3.63) is 70.9 Å². The number of amides is 1. The van der Waals surface area contributed by atoms with Crippen LogP contribution in [-0.4, -0.2) is 24.1 Å². The van der Waals surface area contributed by atoms with Crippen LogP contribution in [0, 0.1) is 0 Å². The first-order valence-electron chi connectivity index (χ1n) is 10.6. The Balaban J connectivity index is 1.73. The van der Waals surface area contributed by atoms with E-state index in [9.17, 15) is 9.90 Å². The van der Waals surface area contributed by atoms with Gasteiger partial charge in [-0.25, -0.2) is 0 Å². The van der Waals surface area contributed by atoms with Gasteiger partial charge in [0.25, 0.3) is 0 Å². The Kier molecular flexibility index (Phi) is 8.44. The van der Waals surface area contributed by atoms with E-state index in [4.69, 9.17) is 17.3 Å². The first kappa shape index (κ1) is 22.8. The summed E-state index contributed by atoms with van der Waals surface area (Å²) in [5, 5.41) is 14.7. The molecule has 6 heteroatoms. The van der Waals surface area contributed by atoms with Crippen molar-refractivity contribution in [1.82, 2.24) is 5.32 Å². The van der Waals surface area contributed by atoms with E-state index in [1.165, 1.54) is 5.39 Å². The summed E-state index contributed by atoms with van der Waals surface area (Å²) in [6.07, 6.45) is 7.18. The smallest absolute Gasteiger partial charge is 0.220 e. The summed E-state index contributed by atoms with van der Waals surface area (Å²) in [6.45, 7) is 1.84. The number of nitrogens with zero attached hydrogens (tertiary/aromatic N) is 1. The molecule has 0 radical (unpaired) electrons. The average Bonchev–Trinajstić information content (AvgIpc) is 2.78. The highest BCUT2D eigenvalue weighted by atomic mass is 35.5. The van der Waals surface area contributed by atoms with E-state index in [1.807, 2.05) is 24.3 Å². The topological polar surface area (TPSA) is 79.2 Å². The van der Waals surface area contributed by atoms with Crippen LogP contribution in [0.25, 0.3) is 23.1 Å². The summed E-state index contributed by atoms with van der Waals surface area (Å²) >= 11 is 6.07. The third-order valence-corrected chi connectivity index (χ3v) is 5.38. The van der Waals surface area contributed by atoms with E-state index < -0.39 is 0 Å². The van der Waals surface area contributed by atoms with Crippen LogP contribution in [0.1, 0.15) is 36.9 Å². The Morgan fingerprint density at radius 3 is 2.74 bits per heavy atom. The molecule has 0 atom stereocenters. The molecule has 4 N–H and O–H groups in total. The Morgan fingerprint density at radius 1 is 1.06 bits per heavy atom. The highest BCUT2D eigenvalue weighted by Gasteiger charge is 2.14. The van der Waals surface area contributed by atoms with Crippen molar-refractivity contribution in [2.45, 2.75) is 32.2 Å². The van der Waals surface area contributed by atoms with Crippen molar-refractivity contribution < 1.29 is 14.5 Å². The van der Waals surface area contributed by atoms with Gasteiger partial charge >= 0.3 is 0 Å².